The van der Waals surface area contributed by atoms with E-state index in [1.807, 2.05) is 18.2 Å². The van der Waals surface area contributed by atoms with Crippen LogP contribution in [0.25, 0.3) is 0 Å². The zero-order chi connectivity index (χ0) is 10.7. The summed E-state index contributed by atoms with van der Waals surface area (Å²) in [5.74, 6) is 0.322. The van der Waals surface area contributed by atoms with Crippen molar-refractivity contribution in [2.45, 2.75) is 31.1 Å². The molecule has 0 spiro atoms. The lowest BCUT2D eigenvalue weighted by Gasteiger charge is -2.27. The molecule has 0 amide bonds. The van der Waals surface area contributed by atoms with E-state index in [4.69, 9.17) is 11.6 Å². The monoisotopic (exact) mass is 222 g/mol. The molecule has 2 heteroatoms. The Morgan fingerprint density at radius 3 is 2.33 bits per heavy atom. The number of carbonyl (C=O) groups is 1. The van der Waals surface area contributed by atoms with Crippen molar-refractivity contribution in [3.8, 4) is 0 Å². The Kier molecular flexibility index (Phi) is 3.11. The number of hydrogen-bond donors (Lipinski definition) is 0. The molecule has 1 aliphatic rings. The van der Waals surface area contributed by atoms with Gasteiger partial charge >= 0.3 is 0 Å². The predicted molar refractivity (Wildman–Crippen MR) is 62.3 cm³/mol. The van der Waals surface area contributed by atoms with Gasteiger partial charge in [-0.2, -0.15) is 0 Å². The minimum atomic E-state index is -0.275. The quantitative estimate of drug-likeness (QED) is 0.718. The Hall–Kier alpha value is -0.820. The highest BCUT2D eigenvalue weighted by molar-refractivity contribution is 6.29. The molecule has 1 aliphatic carbocycles. The van der Waals surface area contributed by atoms with Crippen molar-refractivity contribution in [3.63, 3.8) is 0 Å². The summed E-state index contributed by atoms with van der Waals surface area (Å²) in [4.78, 5) is 12.0. The molecule has 15 heavy (non-hydrogen) atoms. The number of rotatable bonds is 3. The van der Waals surface area contributed by atoms with Crippen molar-refractivity contribution in [1.29, 1.82) is 0 Å². The van der Waals surface area contributed by atoms with E-state index >= 15 is 0 Å². The van der Waals surface area contributed by atoms with Crippen LogP contribution in [0.4, 0.5) is 0 Å². The highest BCUT2D eigenvalue weighted by Gasteiger charge is 2.41. The first-order valence-corrected chi connectivity index (χ1v) is 5.98. The smallest absolute Gasteiger partial charge is 0.158 e. The summed E-state index contributed by atoms with van der Waals surface area (Å²) in [6, 6.07) is 10.1. The van der Waals surface area contributed by atoms with E-state index in [9.17, 15) is 4.79 Å². The first-order valence-electron chi connectivity index (χ1n) is 5.44. The highest BCUT2D eigenvalue weighted by Crippen LogP contribution is 2.41. The van der Waals surface area contributed by atoms with E-state index in [1.165, 1.54) is 0 Å². The lowest BCUT2D eigenvalue weighted by atomic mass is 9.76. The van der Waals surface area contributed by atoms with Crippen molar-refractivity contribution in [2.75, 3.05) is 5.88 Å². The third-order valence-electron chi connectivity index (χ3n) is 3.44. The van der Waals surface area contributed by atoms with Crippen LogP contribution in [0.2, 0.25) is 0 Å². The second-order valence-corrected chi connectivity index (χ2v) is 4.48. The van der Waals surface area contributed by atoms with E-state index in [-0.39, 0.29) is 17.1 Å². The third-order valence-corrected chi connectivity index (χ3v) is 3.68. The second kappa shape index (κ2) is 4.36. The fourth-order valence-corrected chi connectivity index (χ4v) is 2.85. The molecule has 0 aliphatic heterocycles. The van der Waals surface area contributed by atoms with E-state index < -0.39 is 0 Å². The van der Waals surface area contributed by atoms with Crippen LogP contribution in [-0.4, -0.2) is 11.7 Å². The van der Waals surface area contributed by atoms with Gasteiger partial charge in [-0.15, -0.1) is 11.6 Å². The van der Waals surface area contributed by atoms with Crippen LogP contribution in [0, 0.1) is 0 Å². The van der Waals surface area contributed by atoms with Gasteiger partial charge in [0.25, 0.3) is 0 Å². The van der Waals surface area contributed by atoms with E-state index in [2.05, 4.69) is 12.1 Å². The van der Waals surface area contributed by atoms with Crippen molar-refractivity contribution < 1.29 is 4.79 Å². The Balaban J connectivity index is 2.39. The Morgan fingerprint density at radius 2 is 1.80 bits per heavy atom. The molecule has 1 fully saturated rings. The summed E-state index contributed by atoms with van der Waals surface area (Å²) >= 11 is 5.72. The first-order chi connectivity index (χ1) is 7.29. The van der Waals surface area contributed by atoms with Gasteiger partial charge in [-0.25, -0.2) is 0 Å². The van der Waals surface area contributed by atoms with Gasteiger partial charge in [-0.3, -0.25) is 4.79 Å². The van der Waals surface area contributed by atoms with Crippen LogP contribution in [0.15, 0.2) is 30.3 Å². The molecule has 0 radical (unpaired) electrons. The summed E-state index contributed by atoms with van der Waals surface area (Å²) in [6.45, 7) is 0. The number of Topliss-reactive ketones (excluding diaryl/α,β-unsaturated/α-hetero) is 1. The molecular weight excluding hydrogens is 208 g/mol. The number of ketones is 1. The summed E-state index contributed by atoms with van der Waals surface area (Å²) in [5, 5.41) is 0. The van der Waals surface area contributed by atoms with Crippen LogP contribution in [0.5, 0.6) is 0 Å². The van der Waals surface area contributed by atoms with Crippen LogP contribution in [0.1, 0.15) is 31.2 Å². The Labute approximate surface area is 95.4 Å². The lowest BCUT2D eigenvalue weighted by Crippen LogP contribution is -2.33. The zero-order valence-corrected chi connectivity index (χ0v) is 9.46. The van der Waals surface area contributed by atoms with Crippen molar-refractivity contribution in [1.82, 2.24) is 0 Å². The van der Waals surface area contributed by atoms with Gasteiger partial charge in [-0.1, -0.05) is 43.2 Å². The molecule has 0 bridgehead atoms. The predicted octanol–water partition coefficient (Wildman–Crippen LogP) is 3.31. The van der Waals surface area contributed by atoms with Gasteiger partial charge in [0.2, 0.25) is 0 Å². The average molecular weight is 223 g/mol. The maximum atomic E-state index is 12.0. The van der Waals surface area contributed by atoms with E-state index in [0.29, 0.717) is 0 Å². The molecule has 80 valence electrons. The van der Waals surface area contributed by atoms with Gasteiger partial charge < -0.3 is 0 Å². The molecule has 0 aromatic heterocycles. The minimum Gasteiger partial charge on any atom is -0.297 e. The lowest BCUT2D eigenvalue weighted by molar-refractivity contribution is -0.122. The molecule has 0 saturated heterocycles. The molecular formula is C13H15ClO. The van der Waals surface area contributed by atoms with Crippen LogP contribution >= 0.6 is 11.6 Å². The maximum absolute atomic E-state index is 12.0. The van der Waals surface area contributed by atoms with Crippen LogP contribution in [-0.2, 0) is 10.2 Å². The molecule has 1 nitrogen and oxygen atoms in total. The van der Waals surface area contributed by atoms with E-state index in [0.717, 1.165) is 31.2 Å². The molecule has 0 unspecified atom stereocenters. The fourth-order valence-electron chi connectivity index (χ4n) is 2.59. The summed E-state index contributed by atoms with van der Waals surface area (Å²) in [6.07, 6.45) is 4.19. The highest BCUT2D eigenvalue weighted by atomic mass is 35.5. The molecule has 0 heterocycles. The molecule has 1 saturated carbocycles. The number of halogens is 1. The maximum Gasteiger partial charge on any atom is 0.158 e. The number of hydrogen-bond acceptors (Lipinski definition) is 1. The minimum absolute atomic E-state index is 0.134. The third kappa shape index (κ3) is 1.81. The average Bonchev–Trinajstić information content (AvgIpc) is 2.79. The normalized spacial score (nSPS) is 19.0. The summed E-state index contributed by atoms with van der Waals surface area (Å²) < 4.78 is 0. The molecule has 1 aromatic carbocycles. The second-order valence-electron chi connectivity index (χ2n) is 4.21. The topological polar surface area (TPSA) is 17.1 Å². The summed E-state index contributed by atoms with van der Waals surface area (Å²) in [5.41, 5.74) is 0.872. The zero-order valence-electron chi connectivity index (χ0n) is 8.71. The standard InChI is InChI=1S/C13H15ClO/c14-10-12(15)13(8-4-5-9-13)11-6-2-1-3-7-11/h1-3,6-7H,4-5,8-10H2. The SMILES string of the molecule is O=C(CCl)C1(c2ccccc2)CCCC1. The van der Waals surface area contributed by atoms with Crippen molar-refractivity contribution in [2.24, 2.45) is 0 Å². The fraction of sp³-hybridized carbons (Fsp3) is 0.462. The van der Waals surface area contributed by atoms with E-state index in [1.54, 1.807) is 0 Å². The summed E-state index contributed by atoms with van der Waals surface area (Å²) in [7, 11) is 0. The van der Waals surface area contributed by atoms with Gasteiger partial charge in [0.15, 0.2) is 5.78 Å². The van der Waals surface area contributed by atoms with Gasteiger partial charge in [-0.05, 0) is 18.4 Å². The van der Waals surface area contributed by atoms with Crippen LogP contribution < -0.4 is 0 Å². The Bertz CT molecular complexity index is 339. The molecule has 0 atom stereocenters. The number of alkyl halides is 1. The first kappa shape index (κ1) is 10.7. The van der Waals surface area contributed by atoms with Crippen molar-refractivity contribution >= 4 is 17.4 Å². The largest absolute Gasteiger partial charge is 0.297 e. The number of carbonyl (C=O) groups excluding carboxylic acids is 1. The molecule has 0 N–H and O–H groups in total. The Morgan fingerprint density at radius 1 is 1.20 bits per heavy atom. The van der Waals surface area contributed by atoms with Gasteiger partial charge in [0.1, 0.15) is 0 Å². The van der Waals surface area contributed by atoms with Gasteiger partial charge in [0.05, 0.1) is 11.3 Å². The van der Waals surface area contributed by atoms with Crippen molar-refractivity contribution in [3.05, 3.63) is 35.9 Å². The molecule has 1 aromatic rings. The van der Waals surface area contributed by atoms with Crippen LogP contribution in [0.3, 0.4) is 0 Å². The van der Waals surface area contributed by atoms with Gasteiger partial charge in [0, 0.05) is 0 Å². The number of benzene rings is 1. The molecule has 2 rings (SSSR count).